The van der Waals surface area contributed by atoms with Gasteiger partial charge in [0.2, 0.25) is 5.91 Å². The molecule has 3 amide bonds. The predicted octanol–water partition coefficient (Wildman–Crippen LogP) is 3.55. The maximum absolute atomic E-state index is 13.0. The summed E-state index contributed by atoms with van der Waals surface area (Å²) in [5, 5.41) is 7.38. The number of nitrogens with zero attached hydrogens (tertiary/aromatic N) is 4. The van der Waals surface area contributed by atoms with Gasteiger partial charge >= 0.3 is 6.03 Å². The summed E-state index contributed by atoms with van der Waals surface area (Å²) in [4.78, 5) is 28.9. The molecule has 0 radical (unpaired) electrons. The summed E-state index contributed by atoms with van der Waals surface area (Å²) in [5.41, 5.74) is 4.25. The molecule has 7 nitrogen and oxygen atoms in total. The fraction of sp³-hybridized carbons (Fsp3) is 0.292. The van der Waals surface area contributed by atoms with E-state index in [0.29, 0.717) is 31.9 Å². The van der Waals surface area contributed by atoms with Crippen molar-refractivity contribution in [1.29, 1.82) is 0 Å². The van der Waals surface area contributed by atoms with Crippen LogP contribution >= 0.6 is 0 Å². The highest BCUT2D eigenvalue weighted by molar-refractivity contribution is 5.89. The Morgan fingerprint density at radius 3 is 2.22 bits per heavy atom. The fourth-order valence-electron chi connectivity index (χ4n) is 3.91. The zero-order valence-corrected chi connectivity index (χ0v) is 18.2. The van der Waals surface area contributed by atoms with Gasteiger partial charge in [-0.3, -0.25) is 4.79 Å². The lowest BCUT2D eigenvalue weighted by Gasteiger charge is -2.34. The van der Waals surface area contributed by atoms with E-state index in [1.54, 1.807) is 9.80 Å². The number of nitrogens with one attached hydrogen (secondary N) is 1. The van der Waals surface area contributed by atoms with E-state index in [-0.39, 0.29) is 24.2 Å². The largest absolute Gasteiger partial charge is 0.339 e. The van der Waals surface area contributed by atoms with Gasteiger partial charge in [-0.1, -0.05) is 18.2 Å². The molecule has 4 rings (SSSR count). The maximum Gasteiger partial charge on any atom is 0.321 e. The number of hydrogen-bond acceptors (Lipinski definition) is 3. The first-order valence-corrected chi connectivity index (χ1v) is 10.6. The van der Waals surface area contributed by atoms with E-state index in [9.17, 15) is 14.0 Å². The van der Waals surface area contributed by atoms with Crippen molar-refractivity contribution in [3.63, 3.8) is 0 Å². The second-order valence-electron chi connectivity index (χ2n) is 7.88. The van der Waals surface area contributed by atoms with Gasteiger partial charge in [0.15, 0.2) is 0 Å². The van der Waals surface area contributed by atoms with E-state index in [2.05, 4.69) is 10.4 Å². The van der Waals surface area contributed by atoms with Crippen LogP contribution < -0.4 is 5.32 Å². The van der Waals surface area contributed by atoms with Crippen LogP contribution in [0.15, 0.2) is 54.6 Å². The first-order valence-electron chi connectivity index (χ1n) is 10.6. The number of aromatic nitrogens is 2. The van der Waals surface area contributed by atoms with Gasteiger partial charge in [0, 0.05) is 43.1 Å². The number of hydrogen-bond donors (Lipinski definition) is 1. The van der Waals surface area contributed by atoms with Crippen molar-refractivity contribution in [2.45, 2.75) is 20.3 Å². The van der Waals surface area contributed by atoms with Crippen LogP contribution in [0.2, 0.25) is 0 Å². The van der Waals surface area contributed by atoms with Crippen molar-refractivity contribution >= 4 is 17.6 Å². The van der Waals surface area contributed by atoms with Crippen molar-refractivity contribution < 1.29 is 14.0 Å². The smallest absolute Gasteiger partial charge is 0.321 e. The molecular formula is C24H26FN5O2. The third-order valence-electron chi connectivity index (χ3n) is 5.79. The molecule has 1 saturated heterocycles. The zero-order valence-electron chi connectivity index (χ0n) is 18.2. The Hall–Kier alpha value is -3.68. The molecule has 0 atom stereocenters. The number of rotatable bonds is 4. The molecule has 0 spiro atoms. The first kappa shape index (κ1) is 21.5. The Labute approximate surface area is 186 Å². The normalized spacial score (nSPS) is 13.8. The Bertz CT molecular complexity index is 1100. The van der Waals surface area contributed by atoms with Crippen molar-refractivity contribution in [3.8, 4) is 5.69 Å². The lowest BCUT2D eigenvalue weighted by molar-refractivity contribution is -0.131. The number of aryl methyl sites for hydroxylation is 1. The molecule has 2 heterocycles. The predicted molar refractivity (Wildman–Crippen MR) is 120 cm³/mol. The lowest BCUT2D eigenvalue weighted by Crippen LogP contribution is -2.52. The van der Waals surface area contributed by atoms with Gasteiger partial charge in [-0.25, -0.2) is 13.9 Å². The molecule has 2 aromatic carbocycles. The second-order valence-corrected chi connectivity index (χ2v) is 7.88. The number of halogens is 1. The second kappa shape index (κ2) is 9.21. The Balaban J connectivity index is 1.34. The minimum atomic E-state index is -0.352. The maximum atomic E-state index is 13.0. The molecule has 3 aromatic rings. The van der Waals surface area contributed by atoms with Crippen LogP contribution in [0.3, 0.4) is 0 Å². The Kier molecular flexibility index (Phi) is 6.20. The fourth-order valence-corrected chi connectivity index (χ4v) is 3.91. The molecule has 0 unspecified atom stereocenters. The number of amides is 3. The quantitative estimate of drug-likeness (QED) is 0.681. The number of anilines is 1. The van der Waals surface area contributed by atoms with Crippen molar-refractivity contribution in [1.82, 2.24) is 19.6 Å². The standard InChI is InChI=1S/C24H26FN5O2/c1-17-22(18(2)30(27-17)21-6-4-3-5-7-21)16-23(31)28-12-14-29(15-13-28)24(32)26-20-10-8-19(25)9-11-20/h3-11H,12-16H2,1-2H3,(H,26,32). The summed E-state index contributed by atoms with van der Waals surface area (Å²) in [6, 6.07) is 15.2. The molecule has 1 aliphatic heterocycles. The average Bonchev–Trinajstić information content (AvgIpc) is 3.09. The number of benzene rings is 2. The summed E-state index contributed by atoms with van der Waals surface area (Å²) in [5.74, 6) is -0.322. The summed E-state index contributed by atoms with van der Waals surface area (Å²) < 4.78 is 14.9. The van der Waals surface area contributed by atoms with Gasteiger partial charge in [0.05, 0.1) is 17.8 Å². The van der Waals surface area contributed by atoms with Crippen LogP contribution in [-0.4, -0.2) is 57.7 Å². The SMILES string of the molecule is Cc1nn(-c2ccccc2)c(C)c1CC(=O)N1CCN(C(=O)Nc2ccc(F)cc2)CC1. The topological polar surface area (TPSA) is 70.5 Å². The molecule has 8 heteroatoms. The van der Waals surface area contributed by atoms with Crippen LogP contribution in [-0.2, 0) is 11.2 Å². The van der Waals surface area contributed by atoms with Gasteiger partial charge in [-0.05, 0) is 50.2 Å². The summed E-state index contributed by atoms with van der Waals surface area (Å²) in [6.45, 7) is 5.74. The van der Waals surface area contributed by atoms with Gasteiger partial charge in [0.1, 0.15) is 5.82 Å². The molecule has 0 saturated carbocycles. The minimum absolute atomic E-state index is 0.0300. The average molecular weight is 436 g/mol. The lowest BCUT2D eigenvalue weighted by atomic mass is 10.1. The minimum Gasteiger partial charge on any atom is -0.339 e. The van der Waals surface area contributed by atoms with Crippen LogP contribution in [0.25, 0.3) is 5.69 Å². The van der Waals surface area contributed by atoms with E-state index in [0.717, 1.165) is 22.6 Å². The van der Waals surface area contributed by atoms with Crippen LogP contribution in [0, 0.1) is 19.7 Å². The van der Waals surface area contributed by atoms with Crippen molar-refractivity contribution in [3.05, 3.63) is 77.4 Å². The summed E-state index contributed by atoms with van der Waals surface area (Å²) >= 11 is 0. The highest BCUT2D eigenvalue weighted by Gasteiger charge is 2.26. The molecule has 166 valence electrons. The van der Waals surface area contributed by atoms with E-state index in [1.165, 1.54) is 24.3 Å². The molecule has 1 aromatic heterocycles. The number of para-hydroxylation sites is 1. The molecule has 1 N–H and O–H groups in total. The van der Waals surface area contributed by atoms with Crippen LogP contribution in [0.4, 0.5) is 14.9 Å². The molecule has 32 heavy (non-hydrogen) atoms. The van der Waals surface area contributed by atoms with E-state index in [4.69, 9.17) is 0 Å². The highest BCUT2D eigenvalue weighted by atomic mass is 19.1. The molecular weight excluding hydrogens is 409 g/mol. The van der Waals surface area contributed by atoms with Gasteiger partial charge in [-0.15, -0.1) is 0 Å². The van der Waals surface area contributed by atoms with Gasteiger partial charge < -0.3 is 15.1 Å². The van der Waals surface area contributed by atoms with Gasteiger partial charge in [0.25, 0.3) is 0 Å². The number of carbonyl (C=O) groups is 2. The van der Waals surface area contributed by atoms with Crippen molar-refractivity contribution in [2.24, 2.45) is 0 Å². The Morgan fingerprint density at radius 2 is 1.56 bits per heavy atom. The number of carbonyl (C=O) groups excluding carboxylic acids is 2. The first-order chi connectivity index (χ1) is 15.4. The van der Waals surface area contributed by atoms with Gasteiger partial charge in [-0.2, -0.15) is 5.10 Å². The highest BCUT2D eigenvalue weighted by Crippen LogP contribution is 2.19. The van der Waals surface area contributed by atoms with E-state index < -0.39 is 0 Å². The third-order valence-corrected chi connectivity index (χ3v) is 5.79. The molecule has 0 bridgehead atoms. The van der Waals surface area contributed by atoms with Crippen LogP contribution in [0.5, 0.6) is 0 Å². The number of urea groups is 1. The van der Waals surface area contributed by atoms with Crippen molar-refractivity contribution in [2.75, 3.05) is 31.5 Å². The van der Waals surface area contributed by atoms with E-state index in [1.807, 2.05) is 48.9 Å². The third kappa shape index (κ3) is 4.64. The number of piperazine rings is 1. The monoisotopic (exact) mass is 435 g/mol. The summed E-state index contributed by atoms with van der Waals surface area (Å²) in [6.07, 6.45) is 0.284. The van der Waals surface area contributed by atoms with Crippen LogP contribution in [0.1, 0.15) is 17.0 Å². The van der Waals surface area contributed by atoms with E-state index >= 15 is 0 Å². The molecule has 1 fully saturated rings. The molecule has 1 aliphatic rings. The zero-order chi connectivity index (χ0) is 22.7. The summed E-state index contributed by atoms with van der Waals surface area (Å²) in [7, 11) is 0. The Morgan fingerprint density at radius 1 is 0.938 bits per heavy atom. The molecule has 0 aliphatic carbocycles.